The quantitative estimate of drug-likeness (QED) is 0.295. The molecule has 0 bridgehead atoms. The average molecular weight is 498 g/mol. The zero-order chi connectivity index (χ0) is 26.1. The minimum Gasteiger partial charge on any atom is -0.492 e. The lowest BCUT2D eigenvalue weighted by Crippen LogP contribution is -2.54. The molecule has 0 unspecified atom stereocenters. The maximum Gasteiger partial charge on any atom is 0.335 e. The Labute approximate surface area is 212 Å². The van der Waals surface area contributed by atoms with Crippen molar-refractivity contribution in [1.29, 1.82) is 0 Å². The van der Waals surface area contributed by atoms with Crippen molar-refractivity contribution < 1.29 is 23.5 Å². The van der Waals surface area contributed by atoms with E-state index >= 15 is 0 Å². The number of benzene rings is 3. The van der Waals surface area contributed by atoms with Crippen molar-refractivity contribution >= 4 is 40.5 Å². The number of hydrogen-bond donors (Lipinski definition) is 1. The van der Waals surface area contributed by atoms with Crippen LogP contribution in [0.5, 0.6) is 5.75 Å². The van der Waals surface area contributed by atoms with E-state index in [-0.39, 0.29) is 11.3 Å². The van der Waals surface area contributed by atoms with Crippen LogP contribution in [-0.2, 0) is 16.1 Å². The van der Waals surface area contributed by atoms with Gasteiger partial charge in [0.1, 0.15) is 23.7 Å². The minimum absolute atomic E-state index is 0.160. The molecule has 186 valence electrons. The number of aryl methyl sites for hydroxylation is 2. The average Bonchev–Trinajstić information content (AvgIpc) is 3.20. The van der Waals surface area contributed by atoms with Crippen LogP contribution in [0.15, 0.2) is 78.5 Å². The molecule has 0 radical (unpaired) electrons. The Morgan fingerprint density at radius 1 is 0.946 bits per heavy atom. The van der Waals surface area contributed by atoms with Crippen LogP contribution in [0.1, 0.15) is 16.7 Å². The number of rotatable bonds is 6. The molecule has 1 fully saturated rings. The van der Waals surface area contributed by atoms with Crippen LogP contribution in [0.4, 0.5) is 14.9 Å². The van der Waals surface area contributed by atoms with Crippen molar-refractivity contribution in [2.75, 3.05) is 11.5 Å². The first kappa shape index (κ1) is 24.0. The Morgan fingerprint density at radius 2 is 1.65 bits per heavy atom. The van der Waals surface area contributed by atoms with Crippen molar-refractivity contribution in [2.45, 2.75) is 20.4 Å². The Kier molecular flexibility index (Phi) is 6.31. The van der Waals surface area contributed by atoms with Gasteiger partial charge in [0.15, 0.2) is 0 Å². The number of barbiturate groups is 1. The maximum atomic E-state index is 13.4. The molecule has 0 aliphatic carbocycles. The monoisotopic (exact) mass is 497 g/mol. The number of amides is 4. The SMILES string of the molecule is Cc1cc(C)cc(OCCn2cc(C=C3C(=O)NC(=O)N(c4ccc(F)cc4)C3=O)c3ccccc32)c1. The Balaban J connectivity index is 1.44. The van der Waals surface area contributed by atoms with Gasteiger partial charge in [0, 0.05) is 22.7 Å². The predicted molar refractivity (Wildman–Crippen MR) is 139 cm³/mol. The van der Waals surface area contributed by atoms with E-state index in [2.05, 4.69) is 11.4 Å². The number of carbonyl (C=O) groups excluding carboxylic acids is 3. The highest BCUT2D eigenvalue weighted by molar-refractivity contribution is 6.39. The second-order valence-electron chi connectivity index (χ2n) is 8.90. The van der Waals surface area contributed by atoms with Gasteiger partial charge in [-0.3, -0.25) is 14.9 Å². The summed E-state index contributed by atoms with van der Waals surface area (Å²) in [4.78, 5) is 39.1. The zero-order valence-corrected chi connectivity index (χ0v) is 20.3. The lowest BCUT2D eigenvalue weighted by atomic mass is 10.1. The number of para-hydroxylation sites is 1. The number of halogens is 1. The molecule has 8 heteroatoms. The predicted octanol–water partition coefficient (Wildman–Crippen LogP) is 5.14. The van der Waals surface area contributed by atoms with Crippen LogP contribution in [0.2, 0.25) is 0 Å². The number of carbonyl (C=O) groups is 3. The minimum atomic E-state index is -0.885. The van der Waals surface area contributed by atoms with E-state index in [1.54, 1.807) is 0 Å². The fourth-order valence-corrected chi connectivity index (χ4v) is 4.49. The van der Waals surface area contributed by atoms with E-state index in [1.165, 1.54) is 18.2 Å². The lowest BCUT2D eigenvalue weighted by molar-refractivity contribution is -0.122. The summed E-state index contributed by atoms with van der Waals surface area (Å²) < 4.78 is 21.3. The van der Waals surface area contributed by atoms with Gasteiger partial charge in [0.05, 0.1) is 12.2 Å². The van der Waals surface area contributed by atoms with E-state index in [1.807, 2.05) is 61.0 Å². The molecule has 3 aromatic carbocycles. The van der Waals surface area contributed by atoms with E-state index in [0.717, 1.165) is 44.8 Å². The number of imide groups is 2. The number of nitrogens with zero attached hydrogens (tertiary/aromatic N) is 2. The molecule has 4 amide bonds. The van der Waals surface area contributed by atoms with Crippen molar-refractivity contribution in [3.63, 3.8) is 0 Å². The van der Waals surface area contributed by atoms with E-state index in [4.69, 9.17) is 4.74 Å². The molecule has 4 aromatic rings. The molecular formula is C29H24FN3O4. The van der Waals surface area contributed by atoms with Crippen LogP contribution in [0.25, 0.3) is 17.0 Å². The summed E-state index contributed by atoms with van der Waals surface area (Å²) >= 11 is 0. The summed E-state index contributed by atoms with van der Waals surface area (Å²) in [7, 11) is 0. The van der Waals surface area contributed by atoms with Gasteiger partial charge in [-0.2, -0.15) is 0 Å². The summed E-state index contributed by atoms with van der Waals surface area (Å²) in [5.74, 6) is -1.28. The molecule has 1 aliphatic heterocycles. The molecule has 1 N–H and O–H groups in total. The first-order valence-corrected chi connectivity index (χ1v) is 11.8. The number of aromatic nitrogens is 1. The summed E-state index contributed by atoms with van der Waals surface area (Å²) in [5.41, 5.74) is 3.77. The van der Waals surface area contributed by atoms with Crippen LogP contribution in [0, 0.1) is 19.7 Å². The van der Waals surface area contributed by atoms with Gasteiger partial charge in [-0.15, -0.1) is 0 Å². The van der Waals surface area contributed by atoms with Gasteiger partial charge < -0.3 is 9.30 Å². The van der Waals surface area contributed by atoms with E-state index < -0.39 is 23.7 Å². The first-order valence-electron chi connectivity index (χ1n) is 11.8. The molecule has 2 heterocycles. The molecule has 0 spiro atoms. The van der Waals surface area contributed by atoms with Gasteiger partial charge in [-0.05, 0) is 73.5 Å². The van der Waals surface area contributed by atoms with Crippen molar-refractivity contribution in [1.82, 2.24) is 9.88 Å². The third kappa shape index (κ3) is 4.86. The summed E-state index contributed by atoms with van der Waals surface area (Å²) in [6, 6.07) is 17.7. The van der Waals surface area contributed by atoms with Crippen LogP contribution in [-0.4, -0.2) is 29.0 Å². The number of urea groups is 1. The molecule has 0 saturated carbocycles. The summed E-state index contributed by atoms with van der Waals surface area (Å²) in [5, 5.41) is 3.04. The number of fused-ring (bicyclic) bond motifs is 1. The number of nitrogens with one attached hydrogen (secondary N) is 1. The zero-order valence-electron chi connectivity index (χ0n) is 20.3. The fraction of sp³-hybridized carbons (Fsp3) is 0.138. The second kappa shape index (κ2) is 9.73. The molecule has 1 aliphatic rings. The van der Waals surface area contributed by atoms with E-state index in [9.17, 15) is 18.8 Å². The lowest BCUT2D eigenvalue weighted by Gasteiger charge is -2.26. The number of anilines is 1. The number of ether oxygens (including phenoxy) is 1. The highest BCUT2D eigenvalue weighted by Gasteiger charge is 2.37. The van der Waals surface area contributed by atoms with Gasteiger partial charge in [-0.25, -0.2) is 14.1 Å². The third-order valence-corrected chi connectivity index (χ3v) is 6.10. The Bertz CT molecular complexity index is 1550. The van der Waals surface area contributed by atoms with E-state index in [0.29, 0.717) is 18.7 Å². The van der Waals surface area contributed by atoms with Gasteiger partial charge in [-0.1, -0.05) is 24.3 Å². The van der Waals surface area contributed by atoms with Crippen molar-refractivity contribution in [2.24, 2.45) is 0 Å². The van der Waals surface area contributed by atoms with Crippen molar-refractivity contribution in [3.05, 3.63) is 101 Å². The Morgan fingerprint density at radius 3 is 2.38 bits per heavy atom. The highest BCUT2D eigenvalue weighted by Crippen LogP contribution is 2.27. The van der Waals surface area contributed by atoms with Crippen LogP contribution < -0.4 is 15.0 Å². The smallest absolute Gasteiger partial charge is 0.335 e. The standard InChI is InChI=1S/C29H24FN3O4/c1-18-13-19(2)15-23(14-18)37-12-11-32-17-20(24-5-3-4-6-26(24)32)16-25-27(34)31-29(36)33(28(25)35)22-9-7-21(30)8-10-22/h3-10,13-17H,11-12H2,1-2H3,(H,31,34,36). The molecular weight excluding hydrogens is 473 g/mol. The summed E-state index contributed by atoms with van der Waals surface area (Å²) in [6.45, 7) is 5.00. The van der Waals surface area contributed by atoms with Crippen LogP contribution in [0.3, 0.4) is 0 Å². The molecule has 0 atom stereocenters. The molecule has 1 aromatic heterocycles. The molecule has 37 heavy (non-hydrogen) atoms. The fourth-order valence-electron chi connectivity index (χ4n) is 4.49. The largest absolute Gasteiger partial charge is 0.492 e. The highest BCUT2D eigenvalue weighted by atomic mass is 19.1. The second-order valence-corrected chi connectivity index (χ2v) is 8.90. The van der Waals surface area contributed by atoms with Gasteiger partial charge >= 0.3 is 6.03 Å². The van der Waals surface area contributed by atoms with Gasteiger partial charge in [0.2, 0.25) is 0 Å². The normalized spacial score (nSPS) is 14.9. The molecule has 5 rings (SSSR count). The maximum absolute atomic E-state index is 13.4. The van der Waals surface area contributed by atoms with Crippen molar-refractivity contribution in [3.8, 4) is 5.75 Å². The topological polar surface area (TPSA) is 80.6 Å². The first-order chi connectivity index (χ1) is 17.8. The van der Waals surface area contributed by atoms with Crippen LogP contribution >= 0.6 is 0 Å². The summed E-state index contributed by atoms with van der Waals surface area (Å²) in [6.07, 6.45) is 3.33. The molecule has 1 saturated heterocycles. The molecule has 7 nitrogen and oxygen atoms in total. The number of hydrogen-bond acceptors (Lipinski definition) is 4. The van der Waals surface area contributed by atoms with Gasteiger partial charge in [0.25, 0.3) is 11.8 Å². The Hall–Kier alpha value is -4.72. The third-order valence-electron chi connectivity index (χ3n) is 6.10.